The van der Waals surface area contributed by atoms with Crippen LogP contribution in [0.25, 0.3) is 0 Å². The third-order valence-electron chi connectivity index (χ3n) is 10.7. The molecule has 0 saturated heterocycles. The molecule has 0 bridgehead atoms. The van der Waals surface area contributed by atoms with Crippen LogP contribution in [-0.4, -0.2) is 34.7 Å². The summed E-state index contributed by atoms with van der Waals surface area (Å²) in [5.41, 5.74) is 4.03. The molecular formula is C54H42O6. The molecule has 0 aliphatic rings. The first-order chi connectivity index (χ1) is 29.3. The number of hydrogen-bond acceptors (Lipinski definition) is 6. The van der Waals surface area contributed by atoms with E-state index in [-0.39, 0.29) is 54.0 Å². The second kappa shape index (κ2) is 19.3. The largest absolute Gasteiger partial charge is 0.293 e. The van der Waals surface area contributed by atoms with Gasteiger partial charge in [0.1, 0.15) is 0 Å². The molecule has 0 heterocycles. The Balaban J connectivity index is 1.35. The van der Waals surface area contributed by atoms with Crippen molar-refractivity contribution >= 4 is 34.7 Å². The summed E-state index contributed by atoms with van der Waals surface area (Å²) in [6.45, 7) is 0. The van der Waals surface area contributed by atoms with Crippen molar-refractivity contribution in [2.24, 2.45) is 17.8 Å². The minimum absolute atomic E-state index is 0.0177. The Hall–Kier alpha value is -7.44. The lowest BCUT2D eigenvalue weighted by Crippen LogP contribution is -2.29. The molecule has 0 saturated carbocycles. The fourth-order valence-corrected chi connectivity index (χ4v) is 7.64. The van der Waals surface area contributed by atoms with Crippen molar-refractivity contribution in [1.29, 1.82) is 0 Å². The topological polar surface area (TPSA) is 102 Å². The van der Waals surface area contributed by atoms with Gasteiger partial charge in [-0.3, -0.25) is 28.8 Å². The molecule has 294 valence electrons. The molecule has 0 fully saturated rings. The fourth-order valence-electron chi connectivity index (χ4n) is 7.64. The van der Waals surface area contributed by atoms with E-state index in [4.69, 9.17) is 0 Å². The van der Waals surface area contributed by atoms with E-state index in [2.05, 4.69) is 0 Å². The molecule has 0 N–H and O–H groups in total. The summed E-state index contributed by atoms with van der Waals surface area (Å²) in [6, 6.07) is 57.4. The minimum Gasteiger partial charge on any atom is -0.293 e. The van der Waals surface area contributed by atoms with Gasteiger partial charge in [-0.15, -0.1) is 0 Å². The van der Waals surface area contributed by atoms with E-state index >= 15 is 0 Å². The average molecular weight is 787 g/mol. The lowest BCUT2D eigenvalue weighted by molar-refractivity contribution is 0.0792. The number of ketones is 6. The Morgan fingerprint density at radius 3 is 0.550 bits per heavy atom. The van der Waals surface area contributed by atoms with Crippen LogP contribution in [0, 0.1) is 17.8 Å². The van der Waals surface area contributed by atoms with Crippen molar-refractivity contribution in [3.05, 3.63) is 250 Å². The summed E-state index contributed by atoms with van der Waals surface area (Å²) in [4.78, 5) is 85.6. The van der Waals surface area contributed by atoms with Crippen molar-refractivity contribution < 1.29 is 28.8 Å². The summed E-state index contributed by atoms with van der Waals surface area (Å²) in [6.07, 6.45) is -0.0531. The SMILES string of the molecule is O=C(c1ccccc1)C(Cc1cc(CC(C(=O)c2ccccc2)C(=O)c2ccccc2)cc(CC(C(=O)c2ccccc2)C(=O)c2ccccc2)c1)C(=O)c1ccccc1. The molecular weight excluding hydrogens is 745 g/mol. The first-order valence-electron chi connectivity index (χ1n) is 19.9. The van der Waals surface area contributed by atoms with E-state index in [0.29, 0.717) is 50.1 Å². The molecule has 6 nitrogen and oxygen atoms in total. The lowest BCUT2D eigenvalue weighted by atomic mass is 9.80. The predicted octanol–water partition coefficient (Wildman–Crippen LogP) is 10.5. The number of rotatable bonds is 18. The molecule has 0 radical (unpaired) electrons. The van der Waals surface area contributed by atoms with Crippen LogP contribution in [0.4, 0.5) is 0 Å². The van der Waals surface area contributed by atoms with E-state index in [9.17, 15) is 28.8 Å². The van der Waals surface area contributed by atoms with Gasteiger partial charge in [-0.05, 0) is 36.0 Å². The Morgan fingerprint density at radius 2 is 0.400 bits per heavy atom. The third kappa shape index (κ3) is 9.80. The normalized spacial score (nSPS) is 11.1. The zero-order chi connectivity index (χ0) is 41.8. The number of carbonyl (C=O) groups is 6. The van der Waals surface area contributed by atoms with Gasteiger partial charge in [-0.1, -0.05) is 200 Å². The number of hydrogen-bond donors (Lipinski definition) is 0. The van der Waals surface area contributed by atoms with Crippen molar-refractivity contribution in [3.8, 4) is 0 Å². The summed E-state index contributed by atoms with van der Waals surface area (Å²) in [5, 5.41) is 0. The van der Waals surface area contributed by atoms with Gasteiger partial charge in [0.2, 0.25) is 0 Å². The molecule has 60 heavy (non-hydrogen) atoms. The smallest absolute Gasteiger partial charge is 0.174 e. The monoisotopic (exact) mass is 786 g/mol. The Morgan fingerprint density at radius 1 is 0.250 bits per heavy atom. The highest BCUT2D eigenvalue weighted by molar-refractivity contribution is 6.18. The van der Waals surface area contributed by atoms with Gasteiger partial charge < -0.3 is 0 Å². The van der Waals surface area contributed by atoms with Crippen molar-refractivity contribution in [1.82, 2.24) is 0 Å². The summed E-state index contributed by atoms with van der Waals surface area (Å²) in [5.74, 6) is -5.52. The maximum atomic E-state index is 14.3. The molecule has 6 heteroatoms. The van der Waals surface area contributed by atoms with E-state index < -0.39 is 17.8 Å². The quantitative estimate of drug-likeness (QED) is 0.0634. The molecule has 7 aromatic rings. The van der Waals surface area contributed by atoms with Crippen LogP contribution in [-0.2, 0) is 19.3 Å². The first kappa shape index (κ1) is 40.7. The summed E-state index contributed by atoms with van der Waals surface area (Å²) in [7, 11) is 0. The highest BCUT2D eigenvalue weighted by Crippen LogP contribution is 2.28. The number of carbonyl (C=O) groups excluding carboxylic acids is 6. The maximum absolute atomic E-state index is 14.3. The second-order valence-electron chi connectivity index (χ2n) is 14.8. The van der Waals surface area contributed by atoms with Crippen LogP contribution >= 0.6 is 0 Å². The zero-order valence-electron chi connectivity index (χ0n) is 32.9. The molecule has 7 rings (SSSR count). The summed E-state index contributed by atoms with van der Waals surface area (Å²) >= 11 is 0. The van der Waals surface area contributed by atoms with Gasteiger partial charge in [0.05, 0.1) is 17.8 Å². The van der Waals surface area contributed by atoms with Crippen LogP contribution in [0.5, 0.6) is 0 Å². The molecule has 0 aliphatic heterocycles. The highest BCUT2D eigenvalue weighted by atomic mass is 16.2. The molecule has 0 spiro atoms. The molecule has 0 amide bonds. The maximum Gasteiger partial charge on any atom is 0.174 e. The molecule has 0 aromatic heterocycles. The second-order valence-corrected chi connectivity index (χ2v) is 14.8. The lowest BCUT2D eigenvalue weighted by Gasteiger charge is -2.21. The van der Waals surface area contributed by atoms with Crippen LogP contribution in [0.2, 0.25) is 0 Å². The number of benzene rings is 7. The van der Waals surface area contributed by atoms with Gasteiger partial charge >= 0.3 is 0 Å². The molecule has 0 unspecified atom stereocenters. The van der Waals surface area contributed by atoms with E-state index in [0.717, 1.165) is 0 Å². The van der Waals surface area contributed by atoms with Gasteiger partial charge in [-0.2, -0.15) is 0 Å². The van der Waals surface area contributed by atoms with Gasteiger partial charge in [0.15, 0.2) is 34.7 Å². The van der Waals surface area contributed by atoms with Crippen LogP contribution in [0.15, 0.2) is 200 Å². The van der Waals surface area contributed by atoms with Crippen molar-refractivity contribution in [2.45, 2.75) is 19.3 Å². The minimum atomic E-state index is -1.13. The Labute approximate surface area is 349 Å². The highest BCUT2D eigenvalue weighted by Gasteiger charge is 2.33. The fraction of sp³-hybridized carbons (Fsp3) is 0.111. The van der Waals surface area contributed by atoms with E-state index in [1.807, 2.05) is 18.2 Å². The van der Waals surface area contributed by atoms with Gasteiger partial charge in [0.25, 0.3) is 0 Å². The van der Waals surface area contributed by atoms with Crippen molar-refractivity contribution in [2.75, 3.05) is 0 Å². The van der Waals surface area contributed by atoms with E-state index in [1.54, 1.807) is 182 Å². The number of Topliss-reactive ketones (excluding diaryl/α,β-unsaturated/α-hetero) is 6. The molecule has 0 atom stereocenters. The average Bonchev–Trinajstić information content (AvgIpc) is 3.32. The summed E-state index contributed by atoms with van der Waals surface area (Å²) < 4.78 is 0. The molecule has 0 aliphatic carbocycles. The Bertz CT molecular complexity index is 2150. The van der Waals surface area contributed by atoms with Crippen molar-refractivity contribution in [3.63, 3.8) is 0 Å². The van der Waals surface area contributed by atoms with Crippen LogP contribution < -0.4 is 0 Å². The third-order valence-corrected chi connectivity index (χ3v) is 10.7. The Kier molecular flexibility index (Phi) is 13.1. The van der Waals surface area contributed by atoms with E-state index in [1.165, 1.54) is 0 Å². The van der Waals surface area contributed by atoms with Gasteiger partial charge in [0, 0.05) is 33.4 Å². The van der Waals surface area contributed by atoms with Gasteiger partial charge in [-0.25, -0.2) is 0 Å². The first-order valence-corrected chi connectivity index (χ1v) is 19.9. The molecule has 7 aromatic carbocycles. The van der Waals surface area contributed by atoms with Crippen LogP contribution in [0.3, 0.4) is 0 Å². The standard InChI is InChI=1S/C54H42O6/c55-49(40-19-7-1-8-20-40)46(50(56)41-21-9-2-10-22-41)34-37-31-38(35-47(51(57)42-23-11-3-12-24-42)52(58)43-25-13-4-14-26-43)33-39(32-37)36-48(53(59)44-27-15-5-16-28-44)54(60)45-29-17-6-18-30-45/h1-33,46-48H,34-36H2. The van der Waals surface area contributed by atoms with Crippen LogP contribution in [0.1, 0.15) is 78.8 Å². The zero-order valence-corrected chi connectivity index (χ0v) is 32.9. The predicted molar refractivity (Wildman–Crippen MR) is 233 cm³/mol.